The molecule has 0 aliphatic heterocycles. The molecule has 0 fully saturated rings. The van der Waals surface area contributed by atoms with Crippen LogP contribution in [0.4, 0.5) is 0 Å². The smallest absolute Gasteiger partial charge is 0.0606 e. The summed E-state index contributed by atoms with van der Waals surface area (Å²) in [6.45, 7) is 23.2. The van der Waals surface area contributed by atoms with Crippen LogP contribution in [0.15, 0.2) is 72.8 Å². The summed E-state index contributed by atoms with van der Waals surface area (Å²) >= 11 is 0. The van der Waals surface area contributed by atoms with E-state index in [2.05, 4.69) is 29.5 Å². The van der Waals surface area contributed by atoms with Crippen molar-refractivity contribution in [3.63, 3.8) is 0 Å². The number of benzene rings is 2. The van der Waals surface area contributed by atoms with Crippen molar-refractivity contribution in [3.8, 4) is 0 Å². The maximum atomic E-state index is 4.50. The summed E-state index contributed by atoms with van der Waals surface area (Å²) in [5.74, 6) is 0. The van der Waals surface area contributed by atoms with Gasteiger partial charge >= 0.3 is 0 Å². The van der Waals surface area contributed by atoms with Gasteiger partial charge < -0.3 is 0 Å². The lowest BCUT2D eigenvalue weighted by atomic mass is 10.2. The molecule has 0 saturated heterocycles. The molecule has 0 bridgehead atoms. The lowest BCUT2D eigenvalue weighted by molar-refractivity contribution is 1.09. The standard InChI is InChI=1S/2C6H6.C3H8.4C2H6.2CH3B/c2*1-2-4-6-5-3-1;1-3-2;6*1-2/h2*1-6H;3H2,1-2H3;4*1-2H3;2*1H3. The van der Waals surface area contributed by atoms with Crippen molar-refractivity contribution >= 4 is 15.7 Å². The summed E-state index contributed by atoms with van der Waals surface area (Å²) in [4.78, 5) is 0. The quantitative estimate of drug-likeness (QED) is 0.404. The third kappa shape index (κ3) is 112. The Kier molecular flexibility index (Phi) is 169. The predicted octanol–water partition coefficient (Wildman–Crippen LogP) is 9.30. The highest BCUT2D eigenvalue weighted by atomic mass is 13.7. The monoisotopic (exact) mass is 372 g/mol. The normalized spacial score (nSPS) is 5.48. The second-order valence-corrected chi connectivity index (χ2v) is 3.02. The summed E-state index contributed by atoms with van der Waals surface area (Å²) in [6, 6.07) is 24.0. The molecule has 0 N–H and O–H groups in total. The zero-order valence-electron chi connectivity index (χ0n) is 20.8. The maximum absolute atomic E-state index is 4.50. The Morgan fingerprint density at radius 1 is 0.333 bits per heavy atom. The lowest BCUT2D eigenvalue weighted by Crippen LogP contribution is -1.47. The van der Waals surface area contributed by atoms with Gasteiger partial charge in [-0.25, -0.2) is 0 Å². The van der Waals surface area contributed by atoms with Crippen molar-refractivity contribution in [2.24, 2.45) is 0 Å². The minimum Gasteiger partial charge on any atom is -0.0999 e. The van der Waals surface area contributed by atoms with Crippen molar-refractivity contribution in [1.82, 2.24) is 0 Å². The summed E-state index contributed by atoms with van der Waals surface area (Å²) in [5, 5.41) is 0. The van der Waals surface area contributed by atoms with Crippen LogP contribution in [0.5, 0.6) is 0 Å². The van der Waals surface area contributed by atoms with Crippen LogP contribution in [-0.4, -0.2) is 15.7 Å². The van der Waals surface area contributed by atoms with Crippen molar-refractivity contribution in [2.75, 3.05) is 0 Å². The molecule has 0 nitrogen and oxygen atoms in total. The fraction of sp³-hybridized carbons (Fsp3) is 0.520. The first-order valence-corrected chi connectivity index (χ1v) is 10.6. The first-order chi connectivity index (χ1) is 13.4. The Labute approximate surface area is 178 Å². The SMILES string of the molecule is CC.CC.CC.CC.CCC.[B]C.[B]C.c1ccccc1.c1ccccc1. The van der Waals surface area contributed by atoms with E-state index < -0.39 is 0 Å². The first kappa shape index (κ1) is 44.8. The number of rotatable bonds is 0. The second kappa shape index (κ2) is 102. The summed E-state index contributed by atoms with van der Waals surface area (Å²) < 4.78 is 0. The Morgan fingerprint density at radius 3 is 0.407 bits per heavy atom. The maximum Gasteiger partial charge on any atom is 0.0606 e. The van der Waals surface area contributed by atoms with Crippen molar-refractivity contribution in [3.05, 3.63) is 72.8 Å². The summed E-state index contributed by atoms with van der Waals surface area (Å²) in [6.07, 6.45) is 1.25. The third-order valence-corrected chi connectivity index (χ3v) is 1.33. The molecule has 0 atom stereocenters. The second-order valence-electron chi connectivity index (χ2n) is 3.02. The topological polar surface area (TPSA) is 0 Å². The van der Waals surface area contributed by atoms with Gasteiger partial charge in [0, 0.05) is 0 Å². The molecule has 2 rings (SSSR count). The van der Waals surface area contributed by atoms with Gasteiger partial charge in [0.15, 0.2) is 0 Å². The Morgan fingerprint density at radius 2 is 0.370 bits per heavy atom. The minimum absolute atomic E-state index is 1.25. The molecule has 0 aromatic heterocycles. The van der Waals surface area contributed by atoms with Crippen LogP contribution in [0.2, 0.25) is 13.6 Å². The summed E-state index contributed by atoms with van der Waals surface area (Å²) in [7, 11) is 9.00. The molecule has 27 heavy (non-hydrogen) atoms. The van der Waals surface area contributed by atoms with Crippen molar-refractivity contribution in [1.29, 1.82) is 0 Å². The molecule has 156 valence electrons. The van der Waals surface area contributed by atoms with E-state index in [9.17, 15) is 0 Å². The average molecular weight is 372 g/mol. The molecule has 2 aromatic carbocycles. The molecular weight excluding hydrogens is 322 g/mol. The Balaban J connectivity index is -0.0000000358. The molecule has 2 aromatic rings. The average Bonchev–Trinajstić information content (AvgIpc) is 2.85. The van der Waals surface area contributed by atoms with Gasteiger partial charge in [-0.05, 0) is 0 Å². The zero-order chi connectivity index (χ0) is 23.2. The van der Waals surface area contributed by atoms with Crippen LogP contribution in [0.3, 0.4) is 0 Å². The van der Waals surface area contributed by atoms with E-state index in [4.69, 9.17) is 0 Å². The largest absolute Gasteiger partial charge is 0.0999 e. The van der Waals surface area contributed by atoms with E-state index in [-0.39, 0.29) is 0 Å². The number of hydrogen-bond acceptors (Lipinski definition) is 0. The summed E-state index contributed by atoms with van der Waals surface area (Å²) in [5.41, 5.74) is 0. The molecule has 0 amide bonds. The molecule has 2 heteroatoms. The van der Waals surface area contributed by atoms with Gasteiger partial charge in [-0.1, -0.05) is 162 Å². The van der Waals surface area contributed by atoms with E-state index >= 15 is 0 Å². The molecule has 0 heterocycles. The molecule has 0 aliphatic carbocycles. The fourth-order valence-electron chi connectivity index (χ4n) is 0.770. The first-order valence-electron chi connectivity index (χ1n) is 10.6. The van der Waals surface area contributed by atoms with Crippen LogP contribution in [0, 0.1) is 0 Å². The lowest BCUT2D eigenvalue weighted by Gasteiger charge is -1.69. The molecule has 0 aliphatic rings. The highest BCUT2D eigenvalue weighted by molar-refractivity contribution is 6.05. The van der Waals surface area contributed by atoms with Gasteiger partial charge in [0.25, 0.3) is 0 Å². The van der Waals surface area contributed by atoms with Crippen molar-refractivity contribution in [2.45, 2.75) is 89.3 Å². The van der Waals surface area contributed by atoms with E-state index in [1.807, 2.05) is 128 Å². The Hall–Kier alpha value is -1.43. The van der Waals surface area contributed by atoms with Gasteiger partial charge in [0.2, 0.25) is 0 Å². The fourth-order valence-corrected chi connectivity index (χ4v) is 0.770. The predicted molar refractivity (Wildman–Crippen MR) is 137 cm³/mol. The van der Waals surface area contributed by atoms with Crippen LogP contribution in [0.1, 0.15) is 75.7 Å². The molecule has 0 unspecified atom stereocenters. The highest BCUT2D eigenvalue weighted by Gasteiger charge is 1.58. The molecular formula is C25H50B2. The van der Waals surface area contributed by atoms with Gasteiger partial charge in [0.1, 0.15) is 0 Å². The van der Waals surface area contributed by atoms with E-state index in [0.29, 0.717) is 0 Å². The highest BCUT2D eigenvalue weighted by Crippen LogP contribution is 1.80. The van der Waals surface area contributed by atoms with Crippen LogP contribution in [-0.2, 0) is 0 Å². The van der Waals surface area contributed by atoms with E-state index in [0.717, 1.165) is 0 Å². The van der Waals surface area contributed by atoms with Crippen LogP contribution >= 0.6 is 0 Å². The third-order valence-electron chi connectivity index (χ3n) is 1.33. The van der Waals surface area contributed by atoms with Gasteiger partial charge in [-0.2, -0.15) is 0 Å². The minimum atomic E-state index is 1.25. The van der Waals surface area contributed by atoms with Crippen LogP contribution in [0.25, 0.3) is 0 Å². The van der Waals surface area contributed by atoms with Crippen LogP contribution < -0.4 is 0 Å². The molecule has 0 spiro atoms. The van der Waals surface area contributed by atoms with Crippen molar-refractivity contribution < 1.29 is 0 Å². The Bertz CT molecular complexity index is 199. The zero-order valence-corrected chi connectivity index (χ0v) is 20.8. The number of hydrogen-bond donors (Lipinski definition) is 0. The van der Waals surface area contributed by atoms with Gasteiger partial charge in [-0.15, -0.1) is 0 Å². The van der Waals surface area contributed by atoms with E-state index in [1.165, 1.54) is 20.1 Å². The van der Waals surface area contributed by atoms with Gasteiger partial charge in [0.05, 0.1) is 15.7 Å². The van der Waals surface area contributed by atoms with Gasteiger partial charge in [-0.3, -0.25) is 0 Å². The van der Waals surface area contributed by atoms with E-state index in [1.54, 1.807) is 0 Å². The molecule has 4 radical (unpaired) electrons. The molecule has 0 saturated carbocycles.